The second-order valence-corrected chi connectivity index (χ2v) is 18.1. The summed E-state index contributed by atoms with van der Waals surface area (Å²) in [7, 11) is -4.17. The Morgan fingerprint density at radius 3 is 2.12 bits per heavy atom. The van der Waals surface area contributed by atoms with Crippen molar-refractivity contribution in [1.82, 2.24) is 35.9 Å². The standard InChI is InChI=1S/C49H50N10O12S/c1-28-24-31(25-29(2)42(28)71-48(66)40-34-8-3-5-10-37(34)59(20-7-23-72(67,68)69)38-11-6-4-9-35(38)40)44(62)51-18-21-70-22-19-52-46(64)36(16-17-39(60)61)56-45(63)30-12-14-32(15-13-30)53-26-33-27-54-43-41(55-33)47(65)58-49(50)57-43/h3-6,8-15,24-25,27,36H,7,16-23,26H2,1-2H3,(H8-,50,51,52,53,54,56,57,58,60,61,62,63,64,65,67,68,69)/p+1. The first-order valence-electron chi connectivity index (χ1n) is 22.6. The number of carboxylic acid groups (broad SMARTS) is 1. The number of benzene rings is 4. The van der Waals surface area contributed by atoms with Gasteiger partial charge in [-0.2, -0.15) is 18.0 Å². The fraction of sp³-hybridized carbons (Fsp3) is 0.265. The van der Waals surface area contributed by atoms with Crippen molar-refractivity contribution in [2.45, 2.75) is 52.2 Å². The molecule has 0 aliphatic heterocycles. The van der Waals surface area contributed by atoms with Gasteiger partial charge in [-0.3, -0.25) is 33.5 Å². The number of aromatic amines is 1. The number of H-pyrrole nitrogens is 1. The molecule has 72 heavy (non-hydrogen) atoms. The van der Waals surface area contributed by atoms with Gasteiger partial charge in [0.2, 0.25) is 22.9 Å². The smallest absolute Gasteiger partial charge is 0.345 e. The average molecular weight is 1000 g/mol. The Morgan fingerprint density at radius 1 is 0.847 bits per heavy atom. The van der Waals surface area contributed by atoms with Crippen LogP contribution in [-0.4, -0.2) is 106 Å². The summed E-state index contributed by atoms with van der Waals surface area (Å²) in [5, 5.41) is 21.6. The molecule has 3 aromatic heterocycles. The zero-order chi connectivity index (χ0) is 51.5. The van der Waals surface area contributed by atoms with Crippen molar-refractivity contribution >= 4 is 84.4 Å². The van der Waals surface area contributed by atoms with Crippen molar-refractivity contribution in [1.29, 1.82) is 0 Å². The minimum atomic E-state index is -4.17. The molecule has 0 saturated carbocycles. The van der Waals surface area contributed by atoms with Gasteiger partial charge >= 0.3 is 11.9 Å². The maximum Gasteiger partial charge on any atom is 0.345 e. The molecule has 22 nitrogen and oxygen atoms in total. The number of carbonyl (C=O) groups excluding carboxylic acids is 4. The van der Waals surface area contributed by atoms with Crippen LogP contribution in [0.3, 0.4) is 0 Å². The summed E-state index contributed by atoms with van der Waals surface area (Å²) in [4.78, 5) is 91.8. The molecule has 0 radical (unpaired) electrons. The van der Waals surface area contributed by atoms with Crippen molar-refractivity contribution in [2.75, 3.05) is 43.1 Å². The number of esters is 1. The molecule has 374 valence electrons. The molecule has 9 N–H and O–H groups in total. The van der Waals surface area contributed by atoms with Gasteiger partial charge in [-0.05, 0) is 79.9 Å². The van der Waals surface area contributed by atoms with E-state index >= 15 is 0 Å². The zero-order valence-electron chi connectivity index (χ0n) is 39.1. The number of para-hydroxylation sites is 2. The van der Waals surface area contributed by atoms with E-state index in [0.29, 0.717) is 55.4 Å². The zero-order valence-corrected chi connectivity index (χ0v) is 39.9. The Kier molecular flexibility index (Phi) is 16.4. The highest BCUT2D eigenvalue weighted by Crippen LogP contribution is 2.30. The molecule has 4 aromatic carbocycles. The molecule has 1 unspecified atom stereocenters. The van der Waals surface area contributed by atoms with E-state index in [9.17, 15) is 46.8 Å². The molecule has 0 fully saturated rings. The lowest BCUT2D eigenvalue weighted by atomic mass is 10.0. The lowest BCUT2D eigenvalue weighted by molar-refractivity contribution is -0.645. The van der Waals surface area contributed by atoms with Crippen LogP contribution in [0.5, 0.6) is 5.75 Å². The number of aryl methyl sites for hydroxylation is 3. The average Bonchev–Trinajstić information content (AvgIpc) is 3.34. The number of nitrogens with one attached hydrogen (secondary N) is 5. The third kappa shape index (κ3) is 13.1. The first kappa shape index (κ1) is 51.4. The second-order valence-electron chi connectivity index (χ2n) is 16.6. The van der Waals surface area contributed by atoms with Gasteiger partial charge in [0, 0.05) is 54.9 Å². The van der Waals surface area contributed by atoms with E-state index in [1.807, 2.05) is 28.8 Å². The predicted molar refractivity (Wildman–Crippen MR) is 264 cm³/mol. The third-order valence-corrected chi connectivity index (χ3v) is 12.1. The van der Waals surface area contributed by atoms with Crippen LogP contribution >= 0.6 is 0 Å². The Balaban J connectivity index is 0.873. The number of rotatable bonds is 22. The quantitative estimate of drug-likeness (QED) is 0.0121. The molecule has 3 heterocycles. The molecule has 0 spiro atoms. The van der Waals surface area contributed by atoms with Crippen LogP contribution in [0.25, 0.3) is 33.0 Å². The van der Waals surface area contributed by atoms with Gasteiger partial charge in [-0.15, -0.1) is 0 Å². The summed E-state index contributed by atoms with van der Waals surface area (Å²) in [6.45, 7) is 4.16. The van der Waals surface area contributed by atoms with E-state index in [1.165, 1.54) is 18.3 Å². The first-order chi connectivity index (χ1) is 34.4. The van der Waals surface area contributed by atoms with Gasteiger partial charge in [0.25, 0.3) is 27.5 Å². The molecule has 23 heteroatoms. The van der Waals surface area contributed by atoms with E-state index in [-0.39, 0.29) is 87.1 Å². The number of anilines is 2. The fourth-order valence-electron chi connectivity index (χ4n) is 7.94. The van der Waals surface area contributed by atoms with Gasteiger partial charge in [-0.1, -0.05) is 24.3 Å². The summed E-state index contributed by atoms with van der Waals surface area (Å²) in [6.07, 6.45) is 1.04. The van der Waals surface area contributed by atoms with Gasteiger partial charge in [0.1, 0.15) is 11.8 Å². The highest BCUT2D eigenvalue weighted by atomic mass is 32.2. The molecule has 7 aromatic rings. The predicted octanol–water partition coefficient (Wildman–Crippen LogP) is 3.14. The number of carboxylic acids is 1. The third-order valence-electron chi connectivity index (χ3n) is 11.3. The van der Waals surface area contributed by atoms with Crippen molar-refractivity contribution in [3.63, 3.8) is 0 Å². The summed E-state index contributed by atoms with van der Waals surface area (Å²) < 4.78 is 45.8. The number of nitrogens with two attached hydrogens (primary N) is 1. The lowest BCUT2D eigenvalue weighted by Gasteiger charge is -2.18. The number of hydrogen-bond acceptors (Lipinski definition) is 15. The summed E-state index contributed by atoms with van der Waals surface area (Å²) in [5.74, 6) is -3.61. The van der Waals surface area contributed by atoms with Gasteiger partial charge < -0.3 is 41.6 Å². The number of nitrogens with zero attached hydrogens (tertiary/aromatic N) is 4. The number of fused-ring (bicyclic) bond motifs is 3. The monoisotopic (exact) mass is 1000 g/mol. The van der Waals surface area contributed by atoms with E-state index in [2.05, 4.69) is 41.2 Å². The number of carbonyl (C=O) groups is 5. The molecular weight excluding hydrogens is 953 g/mol. The van der Waals surface area contributed by atoms with Crippen LogP contribution in [0.2, 0.25) is 0 Å². The lowest BCUT2D eigenvalue weighted by Crippen LogP contribution is -2.47. The fourth-order valence-corrected chi connectivity index (χ4v) is 8.44. The molecule has 3 amide bonds. The Labute approximate surface area is 411 Å². The van der Waals surface area contributed by atoms with E-state index in [4.69, 9.17) is 15.2 Å². The first-order valence-corrected chi connectivity index (χ1v) is 24.2. The van der Waals surface area contributed by atoms with E-state index in [1.54, 1.807) is 62.4 Å². The number of ether oxygens (including phenoxy) is 2. The number of nitrogen functional groups attached to an aromatic ring is 1. The maximum absolute atomic E-state index is 14.1. The number of aliphatic carboxylic acids is 1. The van der Waals surface area contributed by atoms with Crippen LogP contribution in [-0.2, 0) is 37.5 Å². The number of aromatic nitrogens is 5. The van der Waals surface area contributed by atoms with Gasteiger partial charge in [0.15, 0.2) is 17.7 Å². The second kappa shape index (κ2) is 23.0. The number of pyridine rings is 1. The largest absolute Gasteiger partial charge is 0.481 e. The highest BCUT2D eigenvalue weighted by molar-refractivity contribution is 7.85. The Bertz CT molecular complexity index is 3310. The minimum absolute atomic E-state index is 0.0251. The van der Waals surface area contributed by atoms with Crippen molar-refractivity contribution < 1.29 is 56.1 Å². The van der Waals surface area contributed by atoms with Crippen molar-refractivity contribution in [3.8, 4) is 5.75 Å². The van der Waals surface area contributed by atoms with Crippen molar-refractivity contribution in [2.24, 2.45) is 0 Å². The molecular formula is C49H51N10O12S+. The highest BCUT2D eigenvalue weighted by Gasteiger charge is 2.27. The molecule has 1 atom stereocenters. The van der Waals surface area contributed by atoms with Crippen LogP contribution in [0.1, 0.15) is 67.2 Å². The topological polar surface area (TPSA) is 328 Å². The molecule has 7 rings (SSSR count). The SMILES string of the molecule is Cc1cc(C(=O)NCCOCCNC(=O)C(CCC(=O)O)NC(=O)c2ccc(NCc3cnc4nc(N)[nH]c(=O)c4n3)cc2)cc(C)c1OC(=O)c1c2ccccc2[n+](CCCS(=O)(=O)O)c2ccccc12. The summed E-state index contributed by atoms with van der Waals surface area (Å²) in [5.41, 5.74) is 9.47. The molecule has 0 saturated heterocycles. The van der Waals surface area contributed by atoms with Gasteiger partial charge in [-0.25, -0.2) is 14.8 Å². The van der Waals surface area contributed by atoms with E-state index in [0.717, 1.165) is 0 Å². The van der Waals surface area contributed by atoms with Crippen LogP contribution in [0, 0.1) is 13.8 Å². The molecule has 0 aliphatic rings. The normalized spacial score (nSPS) is 11.8. The minimum Gasteiger partial charge on any atom is -0.481 e. The Morgan fingerprint density at radius 2 is 1.49 bits per heavy atom. The number of amides is 3. The van der Waals surface area contributed by atoms with E-state index < -0.39 is 57.1 Å². The molecule has 0 bridgehead atoms. The van der Waals surface area contributed by atoms with Gasteiger partial charge in [0.05, 0.1) is 53.7 Å². The maximum atomic E-state index is 14.1. The van der Waals surface area contributed by atoms with Crippen molar-refractivity contribution in [3.05, 3.63) is 135 Å². The Hall–Kier alpha value is -8.41. The number of hydrogen-bond donors (Lipinski definition) is 8. The molecule has 0 aliphatic carbocycles. The summed E-state index contributed by atoms with van der Waals surface area (Å²) in [6, 6.07) is 22.7. The van der Waals surface area contributed by atoms with Crippen LogP contribution < -0.4 is 41.9 Å². The van der Waals surface area contributed by atoms with Crippen LogP contribution in [0.4, 0.5) is 11.6 Å². The summed E-state index contributed by atoms with van der Waals surface area (Å²) >= 11 is 0. The van der Waals surface area contributed by atoms with Crippen LogP contribution in [0.15, 0.2) is 95.9 Å².